The van der Waals surface area contributed by atoms with Crippen LogP contribution >= 0.6 is 0 Å². The van der Waals surface area contributed by atoms with E-state index in [9.17, 15) is 4.79 Å². The highest BCUT2D eigenvalue weighted by Crippen LogP contribution is 2.56. The van der Waals surface area contributed by atoms with Gasteiger partial charge in [0.2, 0.25) is 0 Å². The SMILES string of the molecule is CC(=O)C1(C)CC1C1=C[NH2+]C=N1. The minimum Gasteiger partial charge on any atom is -0.299 e. The highest BCUT2D eigenvalue weighted by Gasteiger charge is 2.56. The number of quaternary nitrogens is 1. The van der Waals surface area contributed by atoms with Gasteiger partial charge in [0.1, 0.15) is 17.7 Å². The van der Waals surface area contributed by atoms with Crippen LogP contribution in [0.25, 0.3) is 0 Å². The second-order valence-corrected chi connectivity index (χ2v) is 3.79. The smallest absolute Gasteiger partial charge is 0.191 e. The van der Waals surface area contributed by atoms with Crippen LogP contribution in [0, 0.1) is 11.3 Å². The lowest BCUT2D eigenvalue weighted by Crippen LogP contribution is -2.74. The first-order valence-corrected chi connectivity index (χ1v) is 4.23. The first kappa shape index (κ1) is 7.68. The minimum absolute atomic E-state index is 0.110. The van der Waals surface area contributed by atoms with Crippen LogP contribution in [0.3, 0.4) is 0 Å². The highest BCUT2D eigenvalue weighted by atomic mass is 16.1. The monoisotopic (exact) mass is 165 g/mol. The van der Waals surface area contributed by atoms with Gasteiger partial charge in [0.15, 0.2) is 6.34 Å². The van der Waals surface area contributed by atoms with E-state index in [4.69, 9.17) is 0 Å². The number of nitrogens with zero attached hydrogens (tertiary/aromatic N) is 1. The third-order valence-electron chi connectivity index (χ3n) is 2.98. The van der Waals surface area contributed by atoms with Crippen molar-refractivity contribution < 1.29 is 10.1 Å². The Morgan fingerprint density at radius 3 is 3.00 bits per heavy atom. The molecule has 1 saturated carbocycles. The molecule has 1 aliphatic carbocycles. The number of ketones is 1. The molecule has 0 bridgehead atoms. The third-order valence-corrected chi connectivity index (χ3v) is 2.98. The molecule has 0 aromatic rings. The molecule has 1 heterocycles. The zero-order valence-corrected chi connectivity index (χ0v) is 7.37. The molecule has 0 aromatic heterocycles. The van der Waals surface area contributed by atoms with Gasteiger partial charge in [0.05, 0.1) is 0 Å². The average molecular weight is 165 g/mol. The maximum atomic E-state index is 11.2. The fourth-order valence-electron chi connectivity index (χ4n) is 1.71. The minimum atomic E-state index is -0.110. The van der Waals surface area contributed by atoms with E-state index in [1.807, 2.05) is 18.4 Å². The number of rotatable bonds is 2. The lowest BCUT2D eigenvalue weighted by molar-refractivity contribution is -0.447. The fourth-order valence-corrected chi connectivity index (χ4v) is 1.71. The van der Waals surface area contributed by atoms with Gasteiger partial charge in [-0.1, -0.05) is 6.92 Å². The van der Waals surface area contributed by atoms with Crippen LogP contribution in [0.4, 0.5) is 0 Å². The predicted molar refractivity (Wildman–Crippen MR) is 45.4 cm³/mol. The van der Waals surface area contributed by atoms with Crippen molar-refractivity contribution >= 4 is 12.1 Å². The van der Waals surface area contributed by atoms with E-state index in [-0.39, 0.29) is 11.2 Å². The number of hydrogen-bond acceptors (Lipinski definition) is 2. The summed E-state index contributed by atoms with van der Waals surface area (Å²) in [6.07, 6.45) is 4.76. The molecule has 3 nitrogen and oxygen atoms in total. The van der Waals surface area contributed by atoms with Gasteiger partial charge in [-0.3, -0.25) is 10.1 Å². The van der Waals surface area contributed by atoms with Crippen molar-refractivity contribution in [2.24, 2.45) is 16.3 Å². The van der Waals surface area contributed by atoms with Crippen molar-refractivity contribution in [3.63, 3.8) is 0 Å². The molecule has 2 atom stereocenters. The summed E-state index contributed by atoms with van der Waals surface area (Å²) in [7, 11) is 0. The number of nitrogens with two attached hydrogens (primary N) is 1. The van der Waals surface area contributed by atoms with Crippen molar-refractivity contribution in [2.45, 2.75) is 20.3 Å². The summed E-state index contributed by atoms with van der Waals surface area (Å²) in [6.45, 7) is 3.69. The predicted octanol–water partition coefficient (Wildman–Crippen LogP) is 0.0483. The summed E-state index contributed by atoms with van der Waals surface area (Å²) in [4.78, 5) is 15.4. The normalized spacial score (nSPS) is 38.2. The first-order chi connectivity index (χ1) is 5.64. The van der Waals surface area contributed by atoms with E-state index in [0.29, 0.717) is 5.92 Å². The molecule has 3 heteroatoms. The van der Waals surface area contributed by atoms with Crippen LogP contribution in [-0.4, -0.2) is 12.1 Å². The Morgan fingerprint density at radius 1 is 1.83 bits per heavy atom. The summed E-state index contributed by atoms with van der Waals surface area (Å²) in [5.41, 5.74) is 0.967. The highest BCUT2D eigenvalue weighted by molar-refractivity contribution is 5.86. The van der Waals surface area contributed by atoms with Crippen LogP contribution in [0.2, 0.25) is 0 Å². The Balaban J connectivity index is 2.12. The molecule has 0 aromatic carbocycles. The van der Waals surface area contributed by atoms with E-state index in [0.717, 1.165) is 12.1 Å². The second kappa shape index (κ2) is 2.26. The molecular formula is C9H13N2O+. The van der Waals surface area contributed by atoms with E-state index < -0.39 is 0 Å². The Bertz CT molecular complexity index is 293. The Hall–Kier alpha value is -0.960. The molecule has 0 spiro atoms. The number of carbonyl (C=O) groups excluding carboxylic acids is 1. The Labute approximate surface area is 71.6 Å². The van der Waals surface area contributed by atoms with E-state index in [1.54, 1.807) is 13.3 Å². The summed E-state index contributed by atoms with van der Waals surface area (Å²) >= 11 is 0. The molecule has 1 aliphatic heterocycles. The van der Waals surface area contributed by atoms with Crippen LogP contribution < -0.4 is 5.32 Å². The van der Waals surface area contributed by atoms with Gasteiger partial charge < -0.3 is 0 Å². The Kier molecular flexibility index (Phi) is 1.45. The molecule has 2 unspecified atom stereocenters. The van der Waals surface area contributed by atoms with Crippen LogP contribution in [0.1, 0.15) is 20.3 Å². The van der Waals surface area contributed by atoms with Gasteiger partial charge >= 0.3 is 0 Å². The molecule has 0 amide bonds. The van der Waals surface area contributed by atoms with Gasteiger partial charge in [0.25, 0.3) is 0 Å². The molecule has 2 rings (SSSR count). The van der Waals surface area contributed by atoms with E-state index in [1.165, 1.54) is 0 Å². The van der Waals surface area contributed by atoms with Crippen molar-refractivity contribution in [1.82, 2.24) is 0 Å². The van der Waals surface area contributed by atoms with Crippen molar-refractivity contribution in [3.05, 3.63) is 11.9 Å². The van der Waals surface area contributed by atoms with Gasteiger partial charge in [-0.2, -0.15) is 0 Å². The summed E-state index contributed by atoms with van der Waals surface area (Å²) in [5, 5.41) is 1.92. The summed E-state index contributed by atoms with van der Waals surface area (Å²) < 4.78 is 0. The van der Waals surface area contributed by atoms with Crippen LogP contribution in [-0.2, 0) is 4.79 Å². The second-order valence-electron chi connectivity index (χ2n) is 3.79. The average Bonchev–Trinajstić information content (AvgIpc) is 2.49. The molecule has 64 valence electrons. The molecule has 1 fully saturated rings. The van der Waals surface area contributed by atoms with E-state index in [2.05, 4.69) is 4.99 Å². The summed E-state index contributed by atoms with van der Waals surface area (Å²) in [5.74, 6) is 0.667. The maximum absolute atomic E-state index is 11.2. The number of aliphatic imine (C=N–C) groups is 1. The number of Topliss-reactive ketones (excluding diaryl/α,β-unsaturated/α-hetero) is 1. The number of carbonyl (C=O) groups is 1. The number of hydrogen-bond donors (Lipinski definition) is 1. The molecular weight excluding hydrogens is 152 g/mol. The van der Waals surface area contributed by atoms with Gasteiger partial charge in [-0.15, -0.1) is 0 Å². The topological polar surface area (TPSA) is 46.0 Å². The van der Waals surface area contributed by atoms with Crippen LogP contribution in [0.15, 0.2) is 16.9 Å². The van der Waals surface area contributed by atoms with Gasteiger partial charge in [0, 0.05) is 11.3 Å². The lowest BCUT2D eigenvalue weighted by Gasteiger charge is -2.03. The standard InChI is InChI=1S/C9H12N2O/c1-6(12)9(2)3-7(9)8-4-10-5-11-8/h4-5,7H,3H2,1-2H3,(H,10,11)/p+1. The quantitative estimate of drug-likeness (QED) is 0.617. The molecule has 12 heavy (non-hydrogen) atoms. The number of allylic oxidation sites excluding steroid dienone is 1. The maximum Gasteiger partial charge on any atom is 0.191 e. The fraction of sp³-hybridized carbons (Fsp3) is 0.556. The molecule has 2 N–H and O–H groups in total. The van der Waals surface area contributed by atoms with Gasteiger partial charge in [-0.25, -0.2) is 4.99 Å². The zero-order chi connectivity index (χ0) is 8.77. The summed E-state index contributed by atoms with van der Waals surface area (Å²) in [6, 6.07) is 0. The zero-order valence-electron chi connectivity index (χ0n) is 7.37. The van der Waals surface area contributed by atoms with Crippen molar-refractivity contribution in [3.8, 4) is 0 Å². The molecule has 0 radical (unpaired) electrons. The third kappa shape index (κ3) is 0.932. The lowest BCUT2D eigenvalue weighted by atomic mass is 10.0. The van der Waals surface area contributed by atoms with E-state index >= 15 is 0 Å². The Morgan fingerprint density at radius 2 is 2.58 bits per heavy atom. The largest absolute Gasteiger partial charge is 0.299 e. The van der Waals surface area contributed by atoms with Crippen molar-refractivity contribution in [1.29, 1.82) is 0 Å². The van der Waals surface area contributed by atoms with Crippen molar-refractivity contribution in [2.75, 3.05) is 0 Å². The van der Waals surface area contributed by atoms with Crippen LogP contribution in [0.5, 0.6) is 0 Å². The first-order valence-electron chi connectivity index (χ1n) is 4.23. The molecule has 0 saturated heterocycles. The molecule has 2 aliphatic rings. The van der Waals surface area contributed by atoms with Gasteiger partial charge in [-0.05, 0) is 13.3 Å².